The van der Waals surface area contributed by atoms with Crippen LogP contribution in [0.5, 0.6) is 5.75 Å². The molecule has 0 aliphatic heterocycles. The molecule has 110 valence electrons. The first-order chi connectivity index (χ1) is 9.31. The van der Waals surface area contributed by atoms with Gasteiger partial charge in [0.25, 0.3) is 0 Å². The lowest BCUT2D eigenvalue weighted by molar-refractivity contribution is 0.0694. The molecule has 7 heteroatoms. The third-order valence-corrected chi connectivity index (χ3v) is 2.93. The van der Waals surface area contributed by atoms with E-state index >= 15 is 0 Å². The number of rotatable bonds is 5. The van der Waals surface area contributed by atoms with E-state index in [1.807, 2.05) is 25.9 Å². The smallest absolute Gasteiger partial charge is 0.339 e. The second-order valence-electron chi connectivity index (χ2n) is 4.68. The van der Waals surface area contributed by atoms with Crippen LogP contribution >= 0.6 is 0 Å². The van der Waals surface area contributed by atoms with E-state index in [1.165, 1.54) is 18.2 Å². The summed E-state index contributed by atoms with van der Waals surface area (Å²) in [5.74, 6) is -1.62. The largest absolute Gasteiger partial charge is 0.507 e. The predicted molar refractivity (Wildman–Crippen MR) is 75.2 cm³/mol. The summed E-state index contributed by atoms with van der Waals surface area (Å²) in [7, 11) is 3.82. The predicted octanol–water partition coefficient (Wildman–Crippen LogP) is 1.16. The zero-order valence-electron chi connectivity index (χ0n) is 11.7. The van der Waals surface area contributed by atoms with E-state index in [1.54, 1.807) is 0 Å². The van der Waals surface area contributed by atoms with Crippen LogP contribution in [-0.2, 0) is 0 Å². The van der Waals surface area contributed by atoms with Gasteiger partial charge in [0.1, 0.15) is 11.3 Å². The van der Waals surface area contributed by atoms with Gasteiger partial charge in [-0.2, -0.15) is 0 Å². The van der Waals surface area contributed by atoms with Crippen LogP contribution in [0.25, 0.3) is 0 Å². The average Bonchev–Trinajstić information content (AvgIpc) is 2.35. The summed E-state index contributed by atoms with van der Waals surface area (Å²) in [6, 6.07) is 3.61. The Bertz CT molecular complexity index is 502. The minimum absolute atomic E-state index is 0.184. The molecule has 0 radical (unpaired) electrons. The molecule has 0 aliphatic carbocycles. The molecule has 1 unspecified atom stereocenters. The topological polar surface area (TPSA) is 102 Å². The van der Waals surface area contributed by atoms with Crippen molar-refractivity contribution in [3.05, 3.63) is 23.8 Å². The maximum atomic E-state index is 11.6. The fraction of sp³-hybridized carbons (Fsp3) is 0.385. The SMILES string of the molecule is CC(CNC(=O)Nc1ccc(C(=O)O)c(O)c1)N(C)C. The van der Waals surface area contributed by atoms with Gasteiger partial charge in [0.2, 0.25) is 0 Å². The number of carboxylic acids is 1. The van der Waals surface area contributed by atoms with Crippen molar-refractivity contribution >= 4 is 17.7 Å². The fourth-order valence-corrected chi connectivity index (χ4v) is 1.39. The second-order valence-corrected chi connectivity index (χ2v) is 4.68. The Hall–Kier alpha value is -2.28. The molecular weight excluding hydrogens is 262 g/mol. The lowest BCUT2D eigenvalue weighted by Gasteiger charge is -2.20. The lowest BCUT2D eigenvalue weighted by Crippen LogP contribution is -2.40. The van der Waals surface area contributed by atoms with E-state index in [4.69, 9.17) is 5.11 Å². The number of hydrogen-bond donors (Lipinski definition) is 4. The number of aromatic carboxylic acids is 1. The van der Waals surface area contributed by atoms with Crippen molar-refractivity contribution in [2.45, 2.75) is 13.0 Å². The Balaban J connectivity index is 2.58. The van der Waals surface area contributed by atoms with Crippen molar-refractivity contribution < 1.29 is 19.8 Å². The zero-order chi connectivity index (χ0) is 15.3. The van der Waals surface area contributed by atoms with Gasteiger partial charge in [-0.15, -0.1) is 0 Å². The minimum Gasteiger partial charge on any atom is -0.507 e. The van der Waals surface area contributed by atoms with Crippen molar-refractivity contribution in [1.82, 2.24) is 10.2 Å². The van der Waals surface area contributed by atoms with Crippen molar-refractivity contribution in [3.8, 4) is 5.75 Å². The van der Waals surface area contributed by atoms with Crippen LogP contribution in [0.15, 0.2) is 18.2 Å². The summed E-state index contributed by atoms with van der Waals surface area (Å²) >= 11 is 0. The Kier molecular flexibility index (Phi) is 5.33. The molecule has 1 rings (SSSR count). The fourth-order valence-electron chi connectivity index (χ4n) is 1.39. The first-order valence-electron chi connectivity index (χ1n) is 6.09. The molecule has 0 saturated heterocycles. The van der Waals surface area contributed by atoms with Crippen molar-refractivity contribution in [3.63, 3.8) is 0 Å². The summed E-state index contributed by atoms with van der Waals surface area (Å²) in [5.41, 5.74) is 0.111. The van der Waals surface area contributed by atoms with Gasteiger partial charge in [-0.25, -0.2) is 9.59 Å². The number of carbonyl (C=O) groups excluding carboxylic acids is 1. The van der Waals surface area contributed by atoms with Crippen molar-refractivity contribution in [2.24, 2.45) is 0 Å². The Morgan fingerprint density at radius 3 is 2.50 bits per heavy atom. The van der Waals surface area contributed by atoms with Gasteiger partial charge < -0.3 is 25.7 Å². The zero-order valence-corrected chi connectivity index (χ0v) is 11.7. The van der Waals surface area contributed by atoms with Crippen LogP contribution in [-0.4, -0.2) is 53.8 Å². The number of nitrogens with zero attached hydrogens (tertiary/aromatic N) is 1. The molecule has 1 atom stereocenters. The summed E-state index contributed by atoms with van der Waals surface area (Å²) in [6.45, 7) is 2.44. The number of nitrogens with one attached hydrogen (secondary N) is 2. The molecule has 0 aliphatic rings. The summed E-state index contributed by atoms with van der Waals surface area (Å²) < 4.78 is 0. The maximum Gasteiger partial charge on any atom is 0.339 e. The minimum atomic E-state index is -1.22. The number of likely N-dealkylation sites (N-methyl/N-ethyl adjacent to an activating group) is 1. The van der Waals surface area contributed by atoms with Gasteiger partial charge in [0.15, 0.2) is 0 Å². The number of aromatic hydroxyl groups is 1. The highest BCUT2D eigenvalue weighted by molar-refractivity contribution is 5.93. The summed E-state index contributed by atoms with van der Waals surface area (Å²) in [6.07, 6.45) is 0. The lowest BCUT2D eigenvalue weighted by atomic mass is 10.2. The molecule has 0 spiro atoms. The van der Waals surface area contributed by atoms with Gasteiger partial charge in [-0.1, -0.05) is 0 Å². The molecule has 0 fully saturated rings. The van der Waals surface area contributed by atoms with E-state index in [0.717, 1.165) is 0 Å². The van der Waals surface area contributed by atoms with Crippen molar-refractivity contribution in [2.75, 3.05) is 26.0 Å². The van der Waals surface area contributed by atoms with E-state index in [0.29, 0.717) is 12.2 Å². The van der Waals surface area contributed by atoms with Gasteiger partial charge in [0.05, 0.1) is 0 Å². The molecular formula is C13H19N3O4. The molecule has 7 nitrogen and oxygen atoms in total. The number of carboxylic acid groups (broad SMARTS) is 1. The molecule has 20 heavy (non-hydrogen) atoms. The van der Waals surface area contributed by atoms with Crippen LogP contribution in [0.4, 0.5) is 10.5 Å². The Morgan fingerprint density at radius 1 is 1.35 bits per heavy atom. The monoisotopic (exact) mass is 281 g/mol. The van der Waals surface area contributed by atoms with E-state index in [-0.39, 0.29) is 11.6 Å². The third-order valence-electron chi connectivity index (χ3n) is 2.93. The quantitative estimate of drug-likeness (QED) is 0.648. The number of hydrogen-bond acceptors (Lipinski definition) is 4. The van der Waals surface area contributed by atoms with Crippen LogP contribution < -0.4 is 10.6 Å². The van der Waals surface area contributed by atoms with Crippen LogP contribution in [0, 0.1) is 0 Å². The Labute approximate surface area is 117 Å². The highest BCUT2D eigenvalue weighted by Gasteiger charge is 2.11. The van der Waals surface area contributed by atoms with E-state index in [2.05, 4.69) is 10.6 Å². The van der Waals surface area contributed by atoms with Crippen LogP contribution in [0.2, 0.25) is 0 Å². The molecule has 1 aromatic rings. The van der Waals surface area contributed by atoms with Gasteiger partial charge in [-0.3, -0.25) is 0 Å². The van der Waals surface area contributed by atoms with E-state index in [9.17, 15) is 14.7 Å². The number of amides is 2. The van der Waals surface area contributed by atoms with Crippen molar-refractivity contribution in [1.29, 1.82) is 0 Å². The molecule has 1 aromatic carbocycles. The number of benzene rings is 1. The number of anilines is 1. The average molecular weight is 281 g/mol. The highest BCUT2D eigenvalue weighted by atomic mass is 16.4. The van der Waals surface area contributed by atoms with Crippen LogP contribution in [0.3, 0.4) is 0 Å². The summed E-state index contributed by atoms with van der Waals surface area (Å²) in [5, 5.41) is 23.5. The van der Waals surface area contributed by atoms with Gasteiger partial charge >= 0.3 is 12.0 Å². The number of urea groups is 1. The van der Waals surface area contributed by atoms with E-state index < -0.39 is 17.7 Å². The van der Waals surface area contributed by atoms with Crippen LogP contribution in [0.1, 0.15) is 17.3 Å². The third kappa shape index (κ3) is 4.43. The van der Waals surface area contributed by atoms with Gasteiger partial charge in [0, 0.05) is 24.3 Å². The molecule has 0 bridgehead atoms. The normalized spacial score (nSPS) is 12.0. The second kappa shape index (κ2) is 6.76. The first kappa shape index (κ1) is 15.8. The Morgan fingerprint density at radius 2 is 2.00 bits per heavy atom. The molecule has 0 aromatic heterocycles. The number of carbonyl (C=O) groups is 2. The standard InChI is InChI=1S/C13H19N3O4/c1-8(16(2)3)7-14-13(20)15-9-4-5-10(12(18)19)11(17)6-9/h4-6,8,17H,7H2,1-3H3,(H,18,19)(H2,14,15,20). The van der Waals surface area contributed by atoms with Gasteiger partial charge in [-0.05, 0) is 33.2 Å². The number of phenols is 1. The molecule has 0 heterocycles. The first-order valence-corrected chi connectivity index (χ1v) is 6.09. The molecule has 4 N–H and O–H groups in total. The highest BCUT2D eigenvalue weighted by Crippen LogP contribution is 2.21. The maximum absolute atomic E-state index is 11.6. The molecule has 2 amide bonds. The molecule has 0 saturated carbocycles. The summed E-state index contributed by atoms with van der Waals surface area (Å²) in [4.78, 5) is 24.3.